The molecule has 1 aliphatic rings. The predicted molar refractivity (Wildman–Crippen MR) is 87.5 cm³/mol. The van der Waals surface area contributed by atoms with Gasteiger partial charge in [0.1, 0.15) is 5.75 Å². The van der Waals surface area contributed by atoms with Gasteiger partial charge >= 0.3 is 5.97 Å². The number of para-hydroxylation sites is 1. The predicted octanol–water partition coefficient (Wildman–Crippen LogP) is 0.563. The summed E-state index contributed by atoms with van der Waals surface area (Å²) in [6, 6.07) is 6.89. The number of rotatable bonds is 6. The quantitative estimate of drug-likeness (QED) is 0.693. The smallest absolute Gasteiger partial charge is 0.344 e. The first kappa shape index (κ1) is 18.3. The van der Waals surface area contributed by atoms with E-state index in [4.69, 9.17) is 9.47 Å². The largest absolute Gasteiger partial charge is 0.482 e. The third-order valence-electron chi connectivity index (χ3n) is 3.95. The van der Waals surface area contributed by atoms with Crippen LogP contribution in [-0.4, -0.2) is 63.0 Å². The van der Waals surface area contributed by atoms with Crippen molar-refractivity contribution in [3.8, 4) is 5.75 Å². The van der Waals surface area contributed by atoms with Gasteiger partial charge in [-0.05, 0) is 25.0 Å². The molecule has 0 radical (unpaired) electrons. The van der Waals surface area contributed by atoms with Crippen LogP contribution in [0.15, 0.2) is 24.3 Å². The van der Waals surface area contributed by atoms with E-state index in [1.807, 2.05) is 19.1 Å². The maximum absolute atomic E-state index is 12.0. The van der Waals surface area contributed by atoms with Crippen molar-refractivity contribution in [3.05, 3.63) is 29.8 Å². The number of sulfone groups is 1. The topological polar surface area (TPSA) is 90.0 Å². The van der Waals surface area contributed by atoms with Crippen LogP contribution in [0.4, 0.5) is 0 Å². The van der Waals surface area contributed by atoms with E-state index in [0.717, 1.165) is 5.56 Å². The Kier molecular flexibility index (Phi) is 5.82. The second kappa shape index (κ2) is 7.65. The normalized spacial score (nSPS) is 18.8. The molecule has 1 aromatic rings. The van der Waals surface area contributed by atoms with E-state index in [0.29, 0.717) is 12.2 Å². The Hall–Kier alpha value is -2.09. The Bertz CT molecular complexity index is 715. The third kappa shape index (κ3) is 4.95. The molecule has 0 aliphatic carbocycles. The third-order valence-corrected chi connectivity index (χ3v) is 5.70. The fraction of sp³-hybridized carbons (Fsp3) is 0.500. The van der Waals surface area contributed by atoms with Crippen LogP contribution in [0.25, 0.3) is 0 Å². The first-order valence-electron chi connectivity index (χ1n) is 7.58. The zero-order valence-corrected chi connectivity index (χ0v) is 14.5. The molecule has 0 unspecified atom stereocenters. The molecule has 0 saturated carbocycles. The molecule has 1 aliphatic heterocycles. The lowest BCUT2D eigenvalue weighted by atomic mass is 10.2. The summed E-state index contributed by atoms with van der Waals surface area (Å²) in [4.78, 5) is 25.0. The average Bonchev–Trinajstić information content (AvgIpc) is 2.91. The highest BCUT2D eigenvalue weighted by Gasteiger charge is 2.32. The molecule has 24 heavy (non-hydrogen) atoms. The minimum atomic E-state index is -3.07. The average molecular weight is 355 g/mol. The van der Waals surface area contributed by atoms with Gasteiger partial charge in [0.05, 0.1) is 11.5 Å². The van der Waals surface area contributed by atoms with Gasteiger partial charge in [-0.25, -0.2) is 13.2 Å². The van der Waals surface area contributed by atoms with Crippen molar-refractivity contribution >= 4 is 21.7 Å². The summed E-state index contributed by atoms with van der Waals surface area (Å²) < 4.78 is 33.1. The summed E-state index contributed by atoms with van der Waals surface area (Å²) in [5.74, 6) is -0.465. The summed E-state index contributed by atoms with van der Waals surface area (Å²) >= 11 is 0. The molecule has 8 heteroatoms. The zero-order valence-electron chi connectivity index (χ0n) is 13.7. The van der Waals surface area contributed by atoms with Gasteiger partial charge in [-0.2, -0.15) is 0 Å². The van der Waals surface area contributed by atoms with Gasteiger partial charge < -0.3 is 14.4 Å². The lowest BCUT2D eigenvalue weighted by Gasteiger charge is -2.23. The molecule has 132 valence electrons. The maximum Gasteiger partial charge on any atom is 0.344 e. The van der Waals surface area contributed by atoms with Gasteiger partial charge in [-0.1, -0.05) is 18.2 Å². The molecule has 0 bridgehead atoms. The van der Waals surface area contributed by atoms with Crippen LogP contribution >= 0.6 is 0 Å². The van der Waals surface area contributed by atoms with Gasteiger partial charge in [0.25, 0.3) is 5.91 Å². The maximum atomic E-state index is 12.0. The zero-order chi connectivity index (χ0) is 17.7. The molecule has 7 nitrogen and oxygen atoms in total. The van der Waals surface area contributed by atoms with E-state index in [-0.39, 0.29) is 24.2 Å². The van der Waals surface area contributed by atoms with Crippen molar-refractivity contribution in [2.45, 2.75) is 19.4 Å². The van der Waals surface area contributed by atoms with E-state index in [9.17, 15) is 18.0 Å². The molecule has 1 saturated heterocycles. The highest BCUT2D eigenvalue weighted by atomic mass is 32.2. The molecule has 0 aromatic heterocycles. The number of hydrogen-bond acceptors (Lipinski definition) is 6. The number of ether oxygens (including phenoxy) is 2. The molecule has 0 spiro atoms. The van der Waals surface area contributed by atoms with Crippen LogP contribution < -0.4 is 4.74 Å². The highest BCUT2D eigenvalue weighted by Crippen LogP contribution is 2.17. The fourth-order valence-electron chi connectivity index (χ4n) is 2.43. The van der Waals surface area contributed by atoms with E-state index in [1.54, 1.807) is 12.1 Å². The van der Waals surface area contributed by atoms with Gasteiger partial charge in [0.15, 0.2) is 23.1 Å². The van der Waals surface area contributed by atoms with E-state index in [1.165, 1.54) is 11.9 Å². The fourth-order valence-corrected chi connectivity index (χ4v) is 4.20. The number of likely N-dealkylation sites (N-methyl/N-ethyl adjacent to an activating group) is 1. The number of esters is 1. The summed E-state index contributed by atoms with van der Waals surface area (Å²) in [5.41, 5.74) is 0.892. The number of hydrogen-bond donors (Lipinski definition) is 0. The molecule has 2 rings (SSSR count). The molecular formula is C16H21NO6S. The molecule has 1 atom stereocenters. The van der Waals surface area contributed by atoms with E-state index in [2.05, 4.69) is 0 Å². The molecule has 1 heterocycles. The summed E-state index contributed by atoms with van der Waals surface area (Å²) in [6.07, 6.45) is 0.412. The van der Waals surface area contributed by atoms with Crippen molar-refractivity contribution in [2.24, 2.45) is 0 Å². The number of benzene rings is 1. The Morgan fingerprint density at radius 1 is 1.25 bits per heavy atom. The van der Waals surface area contributed by atoms with Gasteiger partial charge in [-0.15, -0.1) is 0 Å². The standard InChI is InChI=1S/C16H21NO6S/c1-12-5-3-4-6-14(12)22-10-16(19)23-9-15(18)17(2)13-7-8-24(20,21)11-13/h3-6,13H,7-11H2,1-2H3/t13-/m0/s1. The van der Waals surface area contributed by atoms with Crippen LogP contribution in [0.3, 0.4) is 0 Å². The summed E-state index contributed by atoms with van der Waals surface area (Å²) in [7, 11) is -1.55. The van der Waals surface area contributed by atoms with Crippen LogP contribution in [-0.2, 0) is 24.2 Å². The van der Waals surface area contributed by atoms with E-state index < -0.39 is 28.3 Å². The minimum Gasteiger partial charge on any atom is -0.482 e. The van der Waals surface area contributed by atoms with Gasteiger partial charge in [0, 0.05) is 13.1 Å². The number of carbonyl (C=O) groups is 2. The first-order chi connectivity index (χ1) is 11.3. The van der Waals surface area contributed by atoms with Gasteiger partial charge in [0.2, 0.25) is 0 Å². The molecular weight excluding hydrogens is 334 g/mol. The SMILES string of the molecule is Cc1ccccc1OCC(=O)OCC(=O)N(C)[C@H]1CCS(=O)(=O)C1. The van der Waals surface area contributed by atoms with Crippen LogP contribution in [0.5, 0.6) is 5.75 Å². The van der Waals surface area contributed by atoms with Crippen LogP contribution in [0.2, 0.25) is 0 Å². The number of amides is 1. The Labute approximate surface area is 141 Å². The minimum absolute atomic E-state index is 0.0421. The van der Waals surface area contributed by atoms with Crippen LogP contribution in [0.1, 0.15) is 12.0 Å². The lowest BCUT2D eigenvalue weighted by Crippen LogP contribution is -2.40. The van der Waals surface area contributed by atoms with Crippen molar-refractivity contribution in [1.29, 1.82) is 0 Å². The van der Waals surface area contributed by atoms with Gasteiger partial charge in [-0.3, -0.25) is 4.79 Å². The first-order valence-corrected chi connectivity index (χ1v) is 9.41. The summed E-state index contributed by atoms with van der Waals surface area (Å²) in [6.45, 7) is 1.14. The second-order valence-electron chi connectivity index (χ2n) is 5.78. The highest BCUT2D eigenvalue weighted by molar-refractivity contribution is 7.91. The Morgan fingerprint density at radius 2 is 1.96 bits per heavy atom. The number of carbonyl (C=O) groups excluding carboxylic acids is 2. The molecule has 1 amide bonds. The van der Waals surface area contributed by atoms with Crippen molar-refractivity contribution < 1.29 is 27.5 Å². The lowest BCUT2D eigenvalue weighted by molar-refractivity contribution is -0.153. The Morgan fingerprint density at radius 3 is 2.58 bits per heavy atom. The molecule has 1 aromatic carbocycles. The molecule has 1 fully saturated rings. The van der Waals surface area contributed by atoms with Crippen molar-refractivity contribution in [3.63, 3.8) is 0 Å². The number of nitrogens with zero attached hydrogens (tertiary/aromatic N) is 1. The van der Waals surface area contributed by atoms with Crippen molar-refractivity contribution in [1.82, 2.24) is 4.90 Å². The monoisotopic (exact) mass is 355 g/mol. The van der Waals surface area contributed by atoms with Crippen LogP contribution in [0, 0.1) is 6.92 Å². The molecule has 0 N–H and O–H groups in total. The number of aryl methyl sites for hydroxylation is 1. The van der Waals surface area contributed by atoms with Crippen molar-refractivity contribution in [2.75, 3.05) is 31.8 Å². The van der Waals surface area contributed by atoms with E-state index >= 15 is 0 Å². The Balaban J connectivity index is 1.75. The second-order valence-corrected chi connectivity index (χ2v) is 8.01. The summed E-state index contributed by atoms with van der Waals surface area (Å²) in [5, 5.41) is 0.